The highest BCUT2D eigenvalue weighted by Crippen LogP contribution is 2.15. The van der Waals surface area contributed by atoms with Gasteiger partial charge in [0.25, 0.3) is 0 Å². The maximum atomic E-state index is 8.80. The van der Waals surface area contributed by atoms with E-state index in [2.05, 4.69) is 23.5 Å². The summed E-state index contributed by atoms with van der Waals surface area (Å²) < 4.78 is 5.36. The van der Waals surface area contributed by atoms with Crippen LogP contribution in [-0.4, -0.2) is 28.9 Å². The summed E-state index contributed by atoms with van der Waals surface area (Å²) in [5.74, 6) is 1.77. The molecule has 0 atom stereocenters. The normalized spacial score (nSPS) is 10.0. The zero-order valence-electron chi connectivity index (χ0n) is 12.8. The van der Waals surface area contributed by atoms with Crippen molar-refractivity contribution < 1.29 is 4.42 Å². The van der Waals surface area contributed by atoms with Crippen LogP contribution in [0.25, 0.3) is 0 Å². The molecule has 2 aromatic rings. The van der Waals surface area contributed by atoms with E-state index >= 15 is 0 Å². The SMILES string of the molecule is N#CCCN(Cc1ccco1)C(=S)NCCSc1ccccc1. The minimum absolute atomic E-state index is 0.432. The fourth-order valence-electron chi connectivity index (χ4n) is 1.98. The van der Waals surface area contributed by atoms with Crippen LogP contribution in [0.2, 0.25) is 0 Å². The van der Waals surface area contributed by atoms with Gasteiger partial charge in [-0.25, -0.2) is 0 Å². The molecule has 120 valence electrons. The lowest BCUT2D eigenvalue weighted by atomic mass is 10.3. The van der Waals surface area contributed by atoms with Crippen LogP contribution in [0, 0.1) is 11.3 Å². The molecule has 0 fully saturated rings. The first-order valence-corrected chi connectivity index (χ1v) is 8.79. The molecule has 23 heavy (non-hydrogen) atoms. The number of furan rings is 1. The smallest absolute Gasteiger partial charge is 0.169 e. The van der Waals surface area contributed by atoms with Crippen molar-refractivity contribution in [1.82, 2.24) is 10.2 Å². The Morgan fingerprint density at radius 2 is 2.09 bits per heavy atom. The summed E-state index contributed by atoms with van der Waals surface area (Å²) in [4.78, 5) is 3.21. The maximum absolute atomic E-state index is 8.80. The van der Waals surface area contributed by atoms with Crippen molar-refractivity contribution in [2.45, 2.75) is 17.9 Å². The summed E-state index contributed by atoms with van der Waals surface area (Å²) >= 11 is 7.23. The largest absolute Gasteiger partial charge is 0.467 e. The molecule has 2 rings (SSSR count). The molecule has 0 aliphatic rings. The molecular formula is C17H19N3OS2. The molecule has 0 saturated carbocycles. The Morgan fingerprint density at radius 3 is 2.78 bits per heavy atom. The van der Waals surface area contributed by atoms with Gasteiger partial charge in [0.2, 0.25) is 0 Å². The molecule has 1 aromatic carbocycles. The number of thiocarbonyl (C=S) groups is 1. The third-order valence-electron chi connectivity index (χ3n) is 3.10. The predicted molar refractivity (Wildman–Crippen MR) is 97.1 cm³/mol. The Bertz CT molecular complexity index is 623. The summed E-state index contributed by atoms with van der Waals surface area (Å²) in [5.41, 5.74) is 0. The van der Waals surface area contributed by atoms with Crippen LogP contribution in [0.1, 0.15) is 12.2 Å². The molecule has 1 N–H and O–H groups in total. The molecule has 1 aromatic heterocycles. The van der Waals surface area contributed by atoms with Crippen LogP contribution in [0.5, 0.6) is 0 Å². The van der Waals surface area contributed by atoms with Gasteiger partial charge in [-0.2, -0.15) is 5.26 Å². The van der Waals surface area contributed by atoms with Crippen LogP contribution in [0.3, 0.4) is 0 Å². The molecule has 0 amide bonds. The van der Waals surface area contributed by atoms with E-state index in [4.69, 9.17) is 21.9 Å². The van der Waals surface area contributed by atoms with Gasteiger partial charge in [0.15, 0.2) is 5.11 Å². The minimum atomic E-state index is 0.432. The Labute approximate surface area is 146 Å². The van der Waals surface area contributed by atoms with E-state index < -0.39 is 0 Å². The highest BCUT2D eigenvalue weighted by atomic mass is 32.2. The van der Waals surface area contributed by atoms with Crippen LogP contribution in [0.4, 0.5) is 0 Å². The average molecular weight is 345 g/mol. The van der Waals surface area contributed by atoms with Crippen LogP contribution >= 0.6 is 24.0 Å². The van der Waals surface area contributed by atoms with E-state index in [1.54, 1.807) is 18.0 Å². The molecule has 0 radical (unpaired) electrons. The molecule has 1 heterocycles. The number of nitrogens with one attached hydrogen (secondary N) is 1. The fourth-order valence-corrected chi connectivity index (χ4v) is 3.03. The summed E-state index contributed by atoms with van der Waals surface area (Å²) in [7, 11) is 0. The monoisotopic (exact) mass is 345 g/mol. The van der Waals surface area contributed by atoms with E-state index in [1.807, 2.05) is 35.2 Å². The van der Waals surface area contributed by atoms with E-state index in [0.717, 1.165) is 18.1 Å². The van der Waals surface area contributed by atoms with Crippen molar-refractivity contribution in [2.24, 2.45) is 0 Å². The third kappa shape index (κ3) is 6.35. The van der Waals surface area contributed by atoms with Gasteiger partial charge in [-0.15, -0.1) is 11.8 Å². The van der Waals surface area contributed by atoms with Crippen molar-refractivity contribution in [3.8, 4) is 6.07 Å². The lowest BCUT2D eigenvalue weighted by Gasteiger charge is -2.24. The molecule has 0 saturated heterocycles. The molecule has 6 heteroatoms. The fraction of sp³-hybridized carbons (Fsp3) is 0.294. The number of nitrogens with zero attached hydrogens (tertiary/aromatic N) is 2. The Balaban J connectivity index is 1.76. The second-order valence-corrected chi connectivity index (χ2v) is 6.36. The van der Waals surface area contributed by atoms with Crippen molar-refractivity contribution in [1.29, 1.82) is 5.26 Å². The van der Waals surface area contributed by atoms with Crippen LogP contribution in [0.15, 0.2) is 58.0 Å². The summed E-state index contributed by atoms with van der Waals surface area (Å²) in [6.45, 7) is 1.95. The molecule has 0 aliphatic carbocycles. The van der Waals surface area contributed by atoms with Gasteiger partial charge < -0.3 is 14.6 Å². The van der Waals surface area contributed by atoms with E-state index in [9.17, 15) is 0 Å². The van der Waals surface area contributed by atoms with Crippen LogP contribution in [-0.2, 0) is 6.54 Å². The summed E-state index contributed by atoms with van der Waals surface area (Å²) in [5, 5.41) is 12.7. The Kier molecular flexibility index (Phi) is 7.50. The topological polar surface area (TPSA) is 52.2 Å². The molecular weight excluding hydrogens is 326 g/mol. The Morgan fingerprint density at radius 1 is 1.26 bits per heavy atom. The number of thioether (sulfide) groups is 1. The third-order valence-corrected chi connectivity index (χ3v) is 4.51. The second kappa shape index (κ2) is 9.93. The van der Waals surface area contributed by atoms with E-state index in [0.29, 0.717) is 24.6 Å². The lowest BCUT2D eigenvalue weighted by molar-refractivity contribution is 0.363. The van der Waals surface area contributed by atoms with Crippen molar-refractivity contribution in [2.75, 3.05) is 18.8 Å². The highest BCUT2D eigenvalue weighted by Gasteiger charge is 2.11. The standard InChI is InChI=1S/C17H19N3OS2/c18-9-5-11-20(14-15-6-4-12-21-15)17(22)19-10-13-23-16-7-2-1-3-8-16/h1-4,6-8,12H,5,10-11,13-14H2,(H,19,22). The Hall–Kier alpha value is -1.97. The quantitative estimate of drug-likeness (QED) is 0.448. The molecule has 4 nitrogen and oxygen atoms in total. The average Bonchev–Trinajstić information content (AvgIpc) is 3.09. The van der Waals surface area contributed by atoms with Crippen molar-refractivity contribution in [3.05, 3.63) is 54.5 Å². The zero-order valence-corrected chi connectivity index (χ0v) is 14.4. The second-order valence-electron chi connectivity index (χ2n) is 4.80. The van der Waals surface area contributed by atoms with Gasteiger partial charge in [-0.05, 0) is 36.5 Å². The number of benzene rings is 1. The first-order valence-electron chi connectivity index (χ1n) is 7.39. The van der Waals surface area contributed by atoms with Gasteiger partial charge in [-0.3, -0.25) is 0 Å². The molecule has 0 bridgehead atoms. The molecule has 0 unspecified atom stereocenters. The first kappa shape index (κ1) is 17.4. The van der Waals surface area contributed by atoms with Gasteiger partial charge in [0, 0.05) is 23.7 Å². The van der Waals surface area contributed by atoms with Gasteiger partial charge in [0.1, 0.15) is 5.76 Å². The predicted octanol–water partition coefficient (Wildman–Crippen LogP) is 3.66. The number of hydrogen-bond acceptors (Lipinski definition) is 4. The minimum Gasteiger partial charge on any atom is -0.467 e. The molecule has 0 spiro atoms. The van der Waals surface area contributed by atoms with Gasteiger partial charge >= 0.3 is 0 Å². The molecule has 0 aliphatic heterocycles. The highest BCUT2D eigenvalue weighted by molar-refractivity contribution is 7.99. The van der Waals surface area contributed by atoms with Crippen molar-refractivity contribution in [3.63, 3.8) is 0 Å². The summed E-state index contributed by atoms with van der Waals surface area (Å²) in [6, 6.07) is 16.2. The van der Waals surface area contributed by atoms with Gasteiger partial charge in [-0.1, -0.05) is 18.2 Å². The van der Waals surface area contributed by atoms with Crippen LogP contribution < -0.4 is 5.32 Å². The first-order chi connectivity index (χ1) is 11.3. The summed E-state index contributed by atoms with van der Waals surface area (Å²) in [6.07, 6.45) is 2.08. The van der Waals surface area contributed by atoms with E-state index in [-0.39, 0.29) is 0 Å². The van der Waals surface area contributed by atoms with Gasteiger partial charge in [0.05, 0.1) is 25.3 Å². The van der Waals surface area contributed by atoms with Crippen molar-refractivity contribution >= 4 is 29.1 Å². The number of nitriles is 1. The zero-order chi connectivity index (χ0) is 16.3. The van der Waals surface area contributed by atoms with E-state index in [1.165, 1.54) is 4.90 Å². The number of hydrogen-bond donors (Lipinski definition) is 1. The number of rotatable bonds is 8. The lowest BCUT2D eigenvalue weighted by Crippen LogP contribution is -2.40. The maximum Gasteiger partial charge on any atom is 0.169 e.